The number of aromatic nitrogens is 2. The van der Waals surface area contributed by atoms with Crippen LogP contribution in [-0.4, -0.2) is 26.7 Å². The molecule has 1 aliphatic rings. The summed E-state index contributed by atoms with van der Waals surface area (Å²) < 4.78 is 7.55. The van der Waals surface area contributed by atoms with E-state index in [2.05, 4.69) is 80.6 Å². The van der Waals surface area contributed by atoms with Crippen molar-refractivity contribution in [3.63, 3.8) is 0 Å². The lowest BCUT2D eigenvalue weighted by Crippen LogP contribution is -2.30. The molecule has 0 saturated carbocycles. The van der Waals surface area contributed by atoms with E-state index in [0.717, 1.165) is 27.9 Å². The molecular weight excluding hydrogens is 416 g/mol. The monoisotopic (exact) mass is 440 g/mol. The number of hydrogen-bond donors (Lipinski definition) is 1. The quantitative estimate of drug-likeness (QED) is 0.425. The van der Waals surface area contributed by atoms with Gasteiger partial charge in [-0.1, -0.05) is 36.4 Å². The van der Waals surface area contributed by atoms with E-state index in [1.807, 2.05) is 36.5 Å². The first-order valence-electron chi connectivity index (χ1n) is 10.6. The fraction of sp³-hybridized carbons (Fsp3) is 0.154. The predicted octanol–water partition coefficient (Wildman–Crippen LogP) is 5.05. The molecule has 1 aliphatic heterocycles. The third kappa shape index (κ3) is 3.85. The first-order chi connectivity index (χ1) is 15.7. The largest absolute Gasteiger partial charge is 0.497 e. The zero-order chi connectivity index (χ0) is 21.9. The Labute approximate surface area is 193 Å². The van der Waals surface area contributed by atoms with Crippen LogP contribution in [0.3, 0.4) is 0 Å². The van der Waals surface area contributed by atoms with Crippen LogP contribution in [0.15, 0.2) is 97.3 Å². The van der Waals surface area contributed by atoms with Crippen molar-refractivity contribution in [3.8, 4) is 11.4 Å². The number of hydrogen-bond acceptors (Lipinski definition) is 3. The molecule has 1 N–H and O–H groups in total. The molecule has 1 fully saturated rings. The summed E-state index contributed by atoms with van der Waals surface area (Å²) in [5.41, 5.74) is 4.42. The Hall–Kier alpha value is -3.64. The molecule has 160 valence electrons. The van der Waals surface area contributed by atoms with Crippen LogP contribution in [0.4, 0.5) is 0 Å². The van der Waals surface area contributed by atoms with Crippen LogP contribution < -0.4 is 10.1 Å². The van der Waals surface area contributed by atoms with Crippen molar-refractivity contribution in [1.29, 1.82) is 0 Å². The van der Waals surface area contributed by atoms with Crippen LogP contribution in [0.5, 0.6) is 5.75 Å². The number of nitrogens with zero attached hydrogens (tertiary/aromatic N) is 3. The molecule has 1 saturated heterocycles. The standard InChI is InChI=1S/C26H24N4OS/c1-31-21-14-12-19(13-15-21)18-30-25(24(28-26(30)32)22-10-5-6-16-27-22)23-11-7-17-29(23)20-8-3-2-4-9-20/h2-17,24-25H,18H2,1H3,(H,28,32). The van der Waals surface area contributed by atoms with Gasteiger partial charge in [0.15, 0.2) is 5.11 Å². The summed E-state index contributed by atoms with van der Waals surface area (Å²) in [4.78, 5) is 6.90. The van der Waals surface area contributed by atoms with Crippen LogP contribution in [0.1, 0.15) is 29.0 Å². The molecule has 0 radical (unpaired) electrons. The Kier molecular flexibility index (Phi) is 5.60. The Morgan fingerprint density at radius 1 is 0.938 bits per heavy atom. The van der Waals surface area contributed by atoms with E-state index in [0.29, 0.717) is 6.54 Å². The zero-order valence-corrected chi connectivity index (χ0v) is 18.6. The normalized spacial score (nSPS) is 17.9. The molecule has 2 atom stereocenters. The van der Waals surface area contributed by atoms with Crippen molar-refractivity contribution in [3.05, 3.63) is 114 Å². The van der Waals surface area contributed by atoms with Crippen molar-refractivity contribution in [2.75, 3.05) is 7.11 Å². The van der Waals surface area contributed by atoms with Gasteiger partial charge in [-0.3, -0.25) is 4.98 Å². The Morgan fingerprint density at radius 3 is 2.44 bits per heavy atom. The highest BCUT2D eigenvalue weighted by molar-refractivity contribution is 7.80. The maximum absolute atomic E-state index is 5.83. The number of benzene rings is 2. The lowest BCUT2D eigenvalue weighted by atomic mass is 10.0. The van der Waals surface area contributed by atoms with Crippen LogP contribution >= 0.6 is 12.2 Å². The molecule has 32 heavy (non-hydrogen) atoms. The van der Waals surface area contributed by atoms with Crippen LogP contribution in [-0.2, 0) is 6.54 Å². The summed E-state index contributed by atoms with van der Waals surface area (Å²) in [5, 5.41) is 4.26. The molecule has 3 heterocycles. The summed E-state index contributed by atoms with van der Waals surface area (Å²) in [5.74, 6) is 0.844. The molecule has 0 aliphatic carbocycles. The first-order valence-corrected chi connectivity index (χ1v) is 11.0. The Balaban J connectivity index is 1.57. The molecule has 0 spiro atoms. The van der Waals surface area contributed by atoms with Crippen molar-refractivity contribution in [1.82, 2.24) is 19.8 Å². The maximum Gasteiger partial charge on any atom is 0.170 e. The van der Waals surface area contributed by atoms with E-state index < -0.39 is 0 Å². The van der Waals surface area contributed by atoms with Gasteiger partial charge in [0, 0.05) is 30.3 Å². The van der Waals surface area contributed by atoms with E-state index in [1.165, 1.54) is 5.56 Å². The molecule has 2 aromatic carbocycles. The average Bonchev–Trinajstić information content (AvgIpc) is 3.45. The smallest absolute Gasteiger partial charge is 0.170 e. The Bertz CT molecular complexity index is 1190. The van der Waals surface area contributed by atoms with Crippen LogP contribution in [0, 0.1) is 0 Å². The summed E-state index contributed by atoms with van der Waals surface area (Å²) in [6.45, 7) is 0.684. The molecular formula is C26H24N4OS. The Morgan fingerprint density at radius 2 is 1.72 bits per heavy atom. The molecule has 2 unspecified atom stereocenters. The second-order valence-electron chi connectivity index (χ2n) is 7.74. The van der Waals surface area contributed by atoms with Crippen molar-refractivity contribution in [2.45, 2.75) is 18.6 Å². The van der Waals surface area contributed by atoms with Gasteiger partial charge in [-0.2, -0.15) is 0 Å². The van der Waals surface area contributed by atoms with Gasteiger partial charge < -0.3 is 19.5 Å². The second-order valence-corrected chi connectivity index (χ2v) is 8.13. The van der Waals surface area contributed by atoms with Crippen molar-refractivity contribution >= 4 is 17.3 Å². The topological polar surface area (TPSA) is 42.3 Å². The average molecular weight is 441 g/mol. The second kappa shape index (κ2) is 8.85. The molecule has 0 bridgehead atoms. The molecule has 4 aromatic rings. The van der Waals surface area contributed by atoms with Gasteiger partial charge in [-0.15, -0.1) is 0 Å². The SMILES string of the molecule is COc1ccc(CN2C(=S)NC(c3ccccn3)C2c2cccn2-c2ccccc2)cc1. The minimum absolute atomic E-state index is 0.0188. The van der Waals surface area contributed by atoms with Gasteiger partial charge in [-0.25, -0.2) is 0 Å². The number of rotatable bonds is 6. The number of pyridine rings is 1. The summed E-state index contributed by atoms with van der Waals surface area (Å²) in [6.07, 6.45) is 3.94. The fourth-order valence-electron chi connectivity index (χ4n) is 4.28. The summed E-state index contributed by atoms with van der Waals surface area (Å²) >= 11 is 5.83. The van der Waals surface area contributed by atoms with Gasteiger partial charge in [0.1, 0.15) is 5.75 Å². The molecule has 2 aromatic heterocycles. The highest BCUT2D eigenvalue weighted by Crippen LogP contribution is 2.40. The van der Waals surface area contributed by atoms with E-state index in [9.17, 15) is 0 Å². The highest BCUT2D eigenvalue weighted by Gasteiger charge is 2.41. The minimum Gasteiger partial charge on any atom is -0.497 e. The number of methoxy groups -OCH3 is 1. The number of nitrogens with one attached hydrogen (secondary N) is 1. The van der Waals surface area contributed by atoms with Crippen molar-refractivity contribution < 1.29 is 4.74 Å². The van der Waals surface area contributed by atoms with Crippen LogP contribution in [0.25, 0.3) is 5.69 Å². The molecule has 5 nitrogen and oxygen atoms in total. The number of para-hydroxylation sites is 1. The lowest BCUT2D eigenvalue weighted by Gasteiger charge is -2.29. The van der Waals surface area contributed by atoms with E-state index in [1.54, 1.807) is 7.11 Å². The van der Waals surface area contributed by atoms with Gasteiger partial charge >= 0.3 is 0 Å². The fourth-order valence-corrected chi connectivity index (χ4v) is 4.59. The van der Waals surface area contributed by atoms with E-state index in [-0.39, 0.29) is 12.1 Å². The number of ether oxygens (including phenoxy) is 1. The van der Waals surface area contributed by atoms with E-state index >= 15 is 0 Å². The van der Waals surface area contributed by atoms with Gasteiger partial charge in [0.2, 0.25) is 0 Å². The summed E-state index contributed by atoms with van der Waals surface area (Å²) in [7, 11) is 1.68. The third-order valence-corrected chi connectivity index (χ3v) is 6.18. The third-order valence-electron chi connectivity index (χ3n) is 5.83. The van der Waals surface area contributed by atoms with Gasteiger partial charge in [0.25, 0.3) is 0 Å². The highest BCUT2D eigenvalue weighted by atomic mass is 32.1. The lowest BCUT2D eigenvalue weighted by molar-refractivity contribution is 0.302. The predicted molar refractivity (Wildman–Crippen MR) is 130 cm³/mol. The number of thiocarbonyl (C=S) groups is 1. The minimum atomic E-state index is -0.0562. The maximum atomic E-state index is 5.83. The molecule has 0 amide bonds. The molecule has 6 heteroatoms. The van der Waals surface area contributed by atoms with Crippen molar-refractivity contribution in [2.24, 2.45) is 0 Å². The van der Waals surface area contributed by atoms with E-state index in [4.69, 9.17) is 17.0 Å². The summed E-state index contributed by atoms with van der Waals surface area (Å²) in [6, 6.07) is 28.7. The van der Waals surface area contributed by atoms with Gasteiger partial charge in [0.05, 0.1) is 24.9 Å². The molecule has 5 rings (SSSR count). The van der Waals surface area contributed by atoms with Gasteiger partial charge in [-0.05, 0) is 66.3 Å². The van der Waals surface area contributed by atoms with Crippen LogP contribution in [0.2, 0.25) is 0 Å². The zero-order valence-electron chi connectivity index (χ0n) is 17.8. The first kappa shape index (κ1) is 20.3.